The minimum Gasteiger partial charge on any atom is -0.324 e. The predicted molar refractivity (Wildman–Crippen MR) is 75.6 cm³/mol. The number of hydrogen-bond acceptors (Lipinski definition) is 3. The molecule has 2 rings (SSSR count). The lowest BCUT2D eigenvalue weighted by molar-refractivity contribution is -0.118. The monoisotopic (exact) mass is 259 g/mol. The first-order chi connectivity index (χ1) is 8.75. The standard InChI is InChI=1S/C15H17NOS/c16-15(13-4-2-1-3-5-13)7-6-14(17)10-12-8-9-18-11-12/h1-5,8-9,11,15H,6-7,10,16H2. The van der Waals surface area contributed by atoms with E-state index < -0.39 is 0 Å². The summed E-state index contributed by atoms with van der Waals surface area (Å²) < 4.78 is 0. The molecule has 0 aliphatic rings. The molecule has 0 aliphatic carbocycles. The first-order valence-electron chi connectivity index (χ1n) is 6.09. The van der Waals surface area contributed by atoms with Crippen LogP contribution in [0.4, 0.5) is 0 Å². The van der Waals surface area contributed by atoms with E-state index in [1.54, 1.807) is 11.3 Å². The van der Waals surface area contributed by atoms with E-state index in [-0.39, 0.29) is 11.8 Å². The molecule has 1 atom stereocenters. The van der Waals surface area contributed by atoms with Crippen LogP contribution < -0.4 is 5.73 Å². The first-order valence-corrected chi connectivity index (χ1v) is 7.03. The molecule has 2 nitrogen and oxygen atoms in total. The average Bonchev–Trinajstić information content (AvgIpc) is 2.90. The summed E-state index contributed by atoms with van der Waals surface area (Å²) in [4.78, 5) is 11.8. The molecule has 0 amide bonds. The maximum Gasteiger partial charge on any atom is 0.137 e. The van der Waals surface area contributed by atoms with Gasteiger partial charge in [0.25, 0.3) is 0 Å². The summed E-state index contributed by atoms with van der Waals surface area (Å²) in [5.41, 5.74) is 8.27. The van der Waals surface area contributed by atoms with Gasteiger partial charge in [-0.1, -0.05) is 30.3 Å². The van der Waals surface area contributed by atoms with E-state index in [1.165, 1.54) is 0 Å². The second-order valence-corrected chi connectivity index (χ2v) is 5.18. The molecule has 0 spiro atoms. The smallest absolute Gasteiger partial charge is 0.137 e. The van der Waals surface area contributed by atoms with Crippen molar-refractivity contribution in [2.75, 3.05) is 0 Å². The van der Waals surface area contributed by atoms with Crippen molar-refractivity contribution in [1.82, 2.24) is 0 Å². The Morgan fingerprint density at radius 3 is 2.67 bits per heavy atom. The highest BCUT2D eigenvalue weighted by molar-refractivity contribution is 7.07. The lowest BCUT2D eigenvalue weighted by atomic mass is 10.00. The molecule has 1 aromatic carbocycles. The van der Waals surface area contributed by atoms with Gasteiger partial charge < -0.3 is 5.73 Å². The van der Waals surface area contributed by atoms with Crippen LogP contribution in [0.15, 0.2) is 47.2 Å². The number of Topliss-reactive ketones (excluding diaryl/α,β-unsaturated/α-hetero) is 1. The highest BCUT2D eigenvalue weighted by atomic mass is 32.1. The van der Waals surface area contributed by atoms with E-state index in [9.17, 15) is 4.79 Å². The summed E-state index contributed by atoms with van der Waals surface area (Å²) >= 11 is 1.63. The van der Waals surface area contributed by atoms with Crippen LogP contribution in [-0.2, 0) is 11.2 Å². The molecule has 0 aliphatic heterocycles. The molecule has 2 N–H and O–H groups in total. The fraction of sp³-hybridized carbons (Fsp3) is 0.267. The summed E-state index contributed by atoms with van der Waals surface area (Å²) in [6.07, 6.45) is 1.80. The maximum atomic E-state index is 11.8. The summed E-state index contributed by atoms with van der Waals surface area (Å²) in [5.74, 6) is 0.264. The Bertz CT molecular complexity index is 478. The van der Waals surface area contributed by atoms with Gasteiger partial charge in [0, 0.05) is 18.9 Å². The zero-order chi connectivity index (χ0) is 12.8. The average molecular weight is 259 g/mol. The third kappa shape index (κ3) is 3.79. The lowest BCUT2D eigenvalue weighted by Crippen LogP contribution is -2.13. The van der Waals surface area contributed by atoms with Gasteiger partial charge in [-0.15, -0.1) is 0 Å². The second kappa shape index (κ2) is 6.47. The second-order valence-electron chi connectivity index (χ2n) is 4.40. The van der Waals surface area contributed by atoms with Crippen molar-refractivity contribution in [3.05, 3.63) is 58.3 Å². The molecule has 2 aromatic rings. The number of thiophene rings is 1. The molecular formula is C15H17NOS. The van der Waals surface area contributed by atoms with Gasteiger partial charge in [-0.3, -0.25) is 4.79 Å². The zero-order valence-corrected chi connectivity index (χ0v) is 11.0. The number of nitrogens with two attached hydrogens (primary N) is 1. The van der Waals surface area contributed by atoms with Crippen LogP contribution in [0.5, 0.6) is 0 Å². The number of rotatable bonds is 6. The number of benzene rings is 1. The lowest BCUT2D eigenvalue weighted by Gasteiger charge is -2.10. The molecule has 94 valence electrons. The molecule has 0 fully saturated rings. The van der Waals surface area contributed by atoms with Gasteiger partial charge in [-0.05, 0) is 34.4 Å². The predicted octanol–water partition coefficient (Wildman–Crippen LogP) is 3.34. The molecule has 1 heterocycles. The van der Waals surface area contributed by atoms with Crippen molar-refractivity contribution in [3.63, 3.8) is 0 Å². The van der Waals surface area contributed by atoms with Gasteiger partial charge in [-0.25, -0.2) is 0 Å². The van der Waals surface area contributed by atoms with Gasteiger partial charge in [0.15, 0.2) is 0 Å². The van der Waals surface area contributed by atoms with Crippen molar-refractivity contribution in [3.8, 4) is 0 Å². The minimum absolute atomic E-state index is 0.0439. The van der Waals surface area contributed by atoms with Gasteiger partial charge in [0.2, 0.25) is 0 Å². The van der Waals surface area contributed by atoms with Crippen LogP contribution >= 0.6 is 11.3 Å². The van der Waals surface area contributed by atoms with Gasteiger partial charge in [-0.2, -0.15) is 11.3 Å². The fourth-order valence-corrected chi connectivity index (χ4v) is 2.56. The summed E-state index contributed by atoms with van der Waals surface area (Å²) in [6.45, 7) is 0. The molecule has 3 heteroatoms. The normalized spacial score (nSPS) is 12.3. The highest BCUT2D eigenvalue weighted by Gasteiger charge is 2.09. The Kier molecular flexibility index (Phi) is 4.67. The SMILES string of the molecule is NC(CCC(=O)Cc1ccsc1)c1ccccc1. The third-order valence-electron chi connectivity index (χ3n) is 2.94. The highest BCUT2D eigenvalue weighted by Crippen LogP contribution is 2.16. The maximum absolute atomic E-state index is 11.8. The molecule has 18 heavy (non-hydrogen) atoms. The summed E-state index contributed by atoms with van der Waals surface area (Å²) in [7, 11) is 0. The molecular weight excluding hydrogens is 242 g/mol. The van der Waals surface area contributed by atoms with Crippen LogP contribution in [0.25, 0.3) is 0 Å². The molecule has 0 radical (unpaired) electrons. The Morgan fingerprint density at radius 2 is 2.00 bits per heavy atom. The molecule has 0 saturated carbocycles. The summed E-state index contributed by atoms with van der Waals surface area (Å²) in [5, 5.41) is 4.02. The van der Waals surface area contributed by atoms with E-state index in [4.69, 9.17) is 5.73 Å². The van der Waals surface area contributed by atoms with Gasteiger partial charge in [0.1, 0.15) is 5.78 Å². The Hall–Kier alpha value is -1.45. The van der Waals surface area contributed by atoms with Crippen LogP contribution in [0.2, 0.25) is 0 Å². The number of ketones is 1. The quantitative estimate of drug-likeness (QED) is 0.864. The molecule has 1 unspecified atom stereocenters. The first kappa shape index (κ1) is 13.0. The zero-order valence-electron chi connectivity index (χ0n) is 10.2. The number of hydrogen-bond donors (Lipinski definition) is 1. The summed E-state index contributed by atoms with van der Waals surface area (Å²) in [6, 6.07) is 11.9. The van der Waals surface area contributed by atoms with Crippen LogP contribution in [0.3, 0.4) is 0 Å². The molecule has 1 aromatic heterocycles. The van der Waals surface area contributed by atoms with Crippen molar-refractivity contribution < 1.29 is 4.79 Å². The Balaban J connectivity index is 1.79. The Morgan fingerprint density at radius 1 is 1.22 bits per heavy atom. The molecule has 0 bridgehead atoms. The largest absolute Gasteiger partial charge is 0.324 e. The van der Waals surface area contributed by atoms with E-state index in [2.05, 4.69) is 0 Å². The van der Waals surface area contributed by atoms with Gasteiger partial charge in [0.05, 0.1) is 0 Å². The molecule has 0 saturated heterocycles. The minimum atomic E-state index is -0.0439. The van der Waals surface area contributed by atoms with E-state index in [1.807, 2.05) is 47.2 Å². The van der Waals surface area contributed by atoms with Crippen LogP contribution in [0.1, 0.15) is 30.0 Å². The topological polar surface area (TPSA) is 43.1 Å². The fourth-order valence-electron chi connectivity index (χ4n) is 1.89. The Labute approximate surface area is 111 Å². The van der Waals surface area contributed by atoms with Crippen LogP contribution in [0, 0.1) is 0 Å². The van der Waals surface area contributed by atoms with Crippen LogP contribution in [-0.4, -0.2) is 5.78 Å². The van der Waals surface area contributed by atoms with Crippen molar-refractivity contribution in [1.29, 1.82) is 0 Å². The van der Waals surface area contributed by atoms with Gasteiger partial charge >= 0.3 is 0 Å². The van der Waals surface area contributed by atoms with Crippen molar-refractivity contribution in [2.24, 2.45) is 5.73 Å². The van der Waals surface area contributed by atoms with E-state index >= 15 is 0 Å². The van der Waals surface area contributed by atoms with Crippen molar-refractivity contribution in [2.45, 2.75) is 25.3 Å². The van der Waals surface area contributed by atoms with E-state index in [0.29, 0.717) is 19.3 Å². The van der Waals surface area contributed by atoms with Crippen molar-refractivity contribution >= 4 is 17.1 Å². The number of carbonyl (C=O) groups excluding carboxylic acids is 1. The third-order valence-corrected chi connectivity index (χ3v) is 3.68. The van der Waals surface area contributed by atoms with E-state index in [0.717, 1.165) is 11.1 Å². The number of carbonyl (C=O) groups is 1.